The third kappa shape index (κ3) is 3.02. The van der Waals surface area contributed by atoms with Crippen LogP contribution in [0.4, 0.5) is 0 Å². The lowest BCUT2D eigenvalue weighted by Gasteiger charge is -2.39. The smallest absolute Gasteiger partial charge is 0.0212 e. The van der Waals surface area contributed by atoms with Gasteiger partial charge in [0.25, 0.3) is 0 Å². The molecule has 1 fully saturated rings. The summed E-state index contributed by atoms with van der Waals surface area (Å²) in [5.41, 5.74) is 0.354. The molecular weight excluding hydrogens is 160 g/mol. The summed E-state index contributed by atoms with van der Waals surface area (Å²) in [6.45, 7) is 7.77. The van der Waals surface area contributed by atoms with E-state index in [1.165, 1.54) is 6.42 Å². The Kier molecular flexibility index (Phi) is 3.77. The van der Waals surface area contributed by atoms with Crippen LogP contribution in [0.15, 0.2) is 0 Å². The third-order valence-corrected chi connectivity index (χ3v) is 2.79. The van der Waals surface area contributed by atoms with Crippen LogP contribution in [-0.4, -0.2) is 25.7 Å². The third-order valence-electron chi connectivity index (χ3n) is 2.79. The average molecular weight is 180 g/mol. The minimum absolute atomic E-state index is 0.354. The Morgan fingerprint density at radius 3 is 3.00 bits per heavy atom. The molecule has 0 aliphatic carbocycles. The number of piperidine rings is 1. The first-order valence-corrected chi connectivity index (χ1v) is 5.04. The molecule has 1 saturated heterocycles. The monoisotopic (exact) mass is 180 g/mol. The van der Waals surface area contributed by atoms with Gasteiger partial charge >= 0.3 is 0 Å². The van der Waals surface area contributed by atoms with E-state index in [0.29, 0.717) is 11.5 Å². The fourth-order valence-corrected chi connectivity index (χ4v) is 1.87. The van der Waals surface area contributed by atoms with Crippen molar-refractivity contribution in [3.63, 3.8) is 0 Å². The number of hydrogen-bond acceptors (Lipinski definition) is 2. The van der Waals surface area contributed by atoms with Gasteiger partial charge in [0.1, 0.15) is 0 Å². The molecule has 0 bridgehead atoms. The Morgan fingerprint density at radius 1 is 1.62 bits per heavy atom. The Hall–Kier alpha value is -0.520. The lowest BCUT2D eigenvalue weighted by Crippen LogP contribution is -2.53. The first kappa shape index (κ1) is 10.6. The van der Waals surface area contributed by atoms with E-state index in [2.05, 4.69) is 30.4 Å². The molecular formula is C11H20N2. The molecule has 0 aromatic heterocycles. The van der Waals surface area contributed by atoms with Crippen LogP contribution in [-0.2, 0) is 0 Å². The number of rotatable bonds is 3. The van der Waals surface area contributed by atoms with Gasteiger partial charge in [0.05, 0.1) is 0 Å². The quantitative estimate of drug-likeness (QED) is 0.500. The SMILES string of the molecule is C#CCCNC1CCNCC1(C)C. The molecule has 0 amide bonds. The molecule has 0 saturated carbocycles. The first-order chi connectivity index (χ1) is 6.17. The van der Waals surface area contributed by atoms with Crippen LogP contribution in [0, 0.1) is 17.8 Å². The number of nitrogens with one attached hydrogen (secondary N) is 2. The Bertz CT molecular complexity index is 191. The van der Waals surface area contributed by atoms with Gasteiger partial charge in [-0.05, 0) is 18.4 Å². The van der Waals surface area contributed by atoms with Crippen LogP contribution in [0.3, 0.4) is 0 Å². The predicted molar refractivity (Wildman–Crippen MR) is 56.5 cm³/mol. The summed E-state index contributed by atoms with van der Waals surface area (Å²) in [5.74, 6) is 2.66. The number of terminal acetylenes is 1. The van der Waals surface area contributed by atoms with E-state index in [4.69, 9.17) is 6.42 Å². The summed E-state index contributed by atoms with van der Waals surface area (Å²) in [7, 11) is 0. The van der Waals surface area contributed by atoms with Gasteiger partial charge in [0, 0.05) is 25.6 Å². The Balaban J connectivity index is 2.34. The lowest BCUT2D eigenvalue weighted by molar-refractivity contribution is 0.186. The zero-order valence-corrected chi connectivity index (χ0v) is 8.69. The van der Waals surface area contributed by atoms with Crippen molar-refractivity contribution < 1.29 is 0 Å². The lowest BCUT2D eigenvalue weighted by atomic mass is 9.80. The highest BCUT2D eigenvalue weighted by molar-refractivity contribution is 4.92. The second kappa shape index (κ2) is 4.64. The molecule has 0 spiro atoms. The van der Waals surface area contributed by atoms with E-state index in [1.807, 2.05) is 0 Å². The maximum atomic E-state index is 5.21. The minimum Gasteiger partial charge on any atom is -0.316 e. The van der Waals surface area contributed by atoms with Gasteiger partial charge in [0.15, 0.2) is 0 Å². The molecule has 2 nitrogen and oxygen atoms in total. The van der Waals surface area contributed by atoms with Crippen molar-refractivity contribution >= 4 is 0 Å². The van der Waals surface area contributed by atoms with E-state index < -0.39 is 0 Å². The van der Waals surface area contributed by atoms with Crippen LogP contribution in [0.5, 0.6) is 0 Å². The van der Waals surface area contributed by atoms with Gasteiger partial charge in [-0.3, -0.25) is 0 Å². The van der Waals surface area contributed by atoms with Gasteiger partial charge in [0.2, 0.25) is 0 Å². The van der Waals surface area contributed by atoms with Crippen LogP contribution < -0.4 is 10.6 Å². The van der Waals surface area contributed by atoms with Gasteiger partial charge in [-0.25, -0.2) is 0 Å². The molecule has 1 rings (SSSR count). The largest absolute Gasteiger partial charge is 0.316 e. The van der Waals surface area contributed by atoms with Crippen molar-refractivity contribution in [1.29, 1.82) is 0 Å². The fraction of sp³-hybridized carbons (Fsp3) is 0.818. The summed E-state index contributed by atoms with van der Waals surface area (Å²) in [6.07, 6.45) is 7.25. The molecule has 1 atom stereocenters. The maximum absolute atomic E-state index is 5.21. The molecule has 74 valence electrons. The topological polar surface area (TPSA) is 24.1 Å². The van der Waals surface area contributed by atoms with E-state index >= 15 is 0 Å². The van der Waals surface area contributed by atoms with Crippen molar-refractivity contribution in [3.8, 4) is 12.3 Å². The summed E-state index contributed by atoms with van der Waals surface area (Å²) < 4.78 is 0. The van der Waals surface area contributed by atoms with Crippen LogP contribution in [0.2, 0.25) is 0 Å². The van der Waals surface area contributed by atoms with Crippen molar-refractivity contribution in [2.45, 2.75) is 32.7 Å². The van der Waals surface area contributed by atoms with Crippen molar-refractivity contribution in [2.75, 3.05) is 19.6 Å². The van der Waals surface area contributed by atoms with Crippen molar-refractivity contribution in [3.05, 3.63) is 0 Å². The molecule has 2 heteroatoms. The van der Waals surface area contributed by atoms with Crippen LogP contribution >= 0.6 is 0 Å². The summed E-state index contributed by atoms with van der Waals surface area (Å²) in [6, 6.07) is 0.613. The van der Waals surface area contributed by atoms with Gasteiger partial charge in [-0.15, -0.1) is 12.3 Å². The molecule has 1 aliphatic heterocycles. The van der Waals surface area contributed by atoms with E-state index in [-0.39, 0.29) is 0 Å². The normalized spacial score (nSPS) is 26.7. The number of hydrogen-bond donors (Lipinski definition) is 2. The predicted octanol–water partition coefficient (Wildman–Crippen LogP) is 0.987. The maximum Gasteiger partial charge on any atom is 0.0212 e. The Morgan fingerprint density at radius 2 is 2.38 bits per heavy atom. The van der Waals surface area contributed by atoms with Gasteiger partial charge in [-0.2, -0.15) is 0 Å². The molecule has 1 unspecified atom stereocenters. The highest BCUT2D eigenvalue weighted by Crippen LogP contribution is 2.24. The molecule has 13 heavy (non-hydrogen) atoms. The fourth-order valence-electron chi connectivity index (χ4n) is 1.87. The van der Waals surface area contributed by atoms with Gasteiger partial charge < -0.3 is 10.6 Å². The zero-order valence-electron chi connectivity index (χ0n) is 8.69. The Labute approximate surface area is 81.5 Å². The summed E-state index contributed by atoms with van der Waals surface area (Å²) >= 11 is 0. The highest BCUT2D eigenvalue weighted by atomic mass is 15.0. The molecule has 0 aromatic rings. The van der Waals surface area contributed by atoms with Crippen LogP contribution in [0.1, 0.15) is 26.7 Å². The second-order valence-electron chi connectivity index (χ2n) is 4.41. The molecule has 0 radical (unpaired) electrons. The van der Waals surface area contributed by atoms with E-state index in [1.54, 1.807) is 0 Å². The van der Waals surface area contributed by atoms with Crippen molar-refractivity contribution in [2.24, 2.45) is 5.41 Å². The van der Waals surface area contributed by atoms with E-state index in [9.17, 15) is 0 Å². The second-order valence-corrected chi connectivity index (χ2v) is 4.41. The summed E-state index contributed by atoms with van der Waals surface area (Å²) in [5, 5.41) is 6.95. The molecule has 1 heterocycles. The van der Waals surface area contributed by atoms with E-state index in [0.717, 1.165) is 26.1 Å². The zero-order chi connectivity index (χ0) is 9.73. The first-order valence-electron chi connectivity index (χ1n) is 5.04. The summed E-state index contributed by atoms with van der Waals surface area (Å²) in [4.78, 5) is 0. The standard InChI is InChI=1S/C11H20N2/c1-4-5-7-13-10-6-8-12-9-11(10,2)3/h1,10,12-13H,5-9H2,2-3H3. The van der Waals surface area contributed by atoms with Crippen LogP contribution in [0.25, 0.3) is 0 Å². The molecule has 0 aromatic carbocycles. The van der Waals surface area contributed by atoms with Crippen molar-refractivity contribution in [1.82, 2.24) is 10.6 Å². The molecule has 1 aliphatic rings. The highest BCUT2D eigenvalue weighted by Gasteiger charge is 2.31. The minimum atomic E-state index is 0.354. The molecule has 2 N–H and O–H groups in total. The van der Waals surface area contributed by atoms with Gasteiger partial charge in [-0.1, -0.05) is 13.8 Å². The average Bonchev–Trinajstić information content (AvgIpc) is 2.08.